The first-order chi connectivity index (χ1) is 13.3. The fourth-order valence-electron chi connectivity index (χ4n) is 3.16. The van der Waals surface area contributed by atoms with Crippen LogP contribution < -0.4 is 0 Å². The zero-order valence-corrected chi connectivity index (χ0v) is 16.9. The fourth-order valence-corrected chi connectivity index (χ4v) is 3.93. The van der Waals surface area contributed by atoms with Crippen molar-refractivity contribution in [2.75, 3.05) is 26.4 Å². The van der Waals surface area contributed by atoms with Crippen molar-refractivity contribution in [3.8, 4) is 0 Å². The fraction of sp³-hybridized carbons (Fsp3) is 0.286. The van der Waals surface area contributed by atoms with E-state index in [1.807, 2.05) is 60.8 Å². The van der Waals surface area contributed by atoms with E-state index in [0.717, 1.165) is 28.3 Å². The molecule has 0 aliphatic heterocycles. The SMILES string of the molecule is CN(Cc1ccccc1)C(=O)CN(CCc1c[nH]c2ccccc12)S(C)(=O)=O. The lowest BCUT2D eigenvalue weighted by Gasteiger charge is -2.23. The van der Waals surface area contributed by atoms with Crippen LogP contribution in [0, 0.1) is 0 Å². The Morgan fingerprint density at radius 1 is 1.04 bits per heavy atom. The standard InChI is InChI=1S/C21H25N3O3S/c1-23(15-17-8-4-3-5-9-17)21(25)16-24(28(2,26)27)13-12-18-14-22-20-11-7-6-10-19(18)20/h3-11,14,22H,12-13,15-16H2,1-2H3. The first-order valence-corrected chi connectivity index (χ1v) is 11.0. The predicted octanol–water partition coefficient (Wildman–Crippen LogP) is 2.63. The molecule has 28 heavy (non-hydrogen) atoms. The Bertz CT molecular complexity index is 1040. The first-order valence-electron chi connectivity index (χ1n) is 9.12. The monoisotopic (exact) mass is 399 g/mol. The number of likely N-dealkylation sites (N-methyl/N-ethyl adjacent to an activating group) is 1. The molecule has 0 fully saturated rings. The minimum absolute atomic E-state index is 0.162. The van der Waals surface area contributed by atoms with Crippen molar-refractivity contribution in [2.24, 2.45) is 0 Å². The summed E-state index contributed by atoms with van der Waals surface area (Å²) in [5.74, 6) is -0.229. The Kier molecular flexibility index (Phi) is 6.16. The van der Waals surface area contributed by atoms with Gasteiger partial charge >= 0.3 is 0 Å². The number of carbonyl (C=O) groups is 1. The topological polar surface area (TPSA) is 73.5 Å². The third kappa shape index (κ3) is 4.99. The smallest absolute Gasteiger partial charge is 0.237 e. The van der Waals surface area contributed by atoms with E-state index in [4.69, 9.17) is 0 Å². The molecule has 1 aromatic heterocycles. The number of rotatable bonds is 8. The summed E-state index contributed by atoms with van der Waals surface area (Å²) in [5.41, 5.74) is 3.06. The Morgan fingerprint density at radius 3 is 2.43 bits per heavy atom. The van der Waals surface area contributed by atoms with Gasteiger partial charge in [-0.3, -0.25) is 4.79 Å². The highest BCUT2D eigenvalue weighted by Crippen LogP contribution is 2.18. The third-order valence-corrected chi connectivity index (χ3v) is 6.02. The summed E-state index contributed by atoms with van der Waals surface area (Å²) < 4.78 is 25.7. The second-order valence-corrected chi connectivity index (χ2v) is 8.92. The van der Waals surface area contributed by atoms with Gasteiger partial charge in [-0.1, -0.05) is 48.5 Å². The molecule has 1 amide bonds. The molecular weight excluding hydrogens is 374 g/mol. The number of amides is 1. The van der Waals surface area contributed by atoms with Crippen LogP contribution in [0.5, 0.6) is 0 Å². The van der Waals surface area contributed by atoms with Gasteiger partial charge in [-0.2, -0.15) is 4.31 Å². The second-order valence-electron chi connectivity index (χ2n) is 6.94. The van der Waals surface area contributed by atoms with Crippen LogP contribution in [0.15, 0.2) is 60.8 Å². The van der Waals surface area contributed by atoms with Gasteiger partial charge in [0.05, 0.1) is 12.8 Å². The summed E-state index contributed by atoms with van der Waals surface area (Å²) in [6.07, 6.45) is 3.58. The van der Waals surface area contributed by atoms with Gasteiger partial charge in [0.25, 0.3) is 0 Å². The van der Waals surface area contributed by atoms with Gasteiger partial charge in [0.2, 0.25) is 15.9 Å². The molecule has 3 aromatic rings. The predicted molar refractivity (Wildman–Crippen MR) is 111 cm³/mol. The van der Waals surface area contributed by atoms with E-state index >= 15 is 0 Å². The lowest BCUT2D eigenvalue weighted by atomic mass is 10.1. The molecule has 6 nitrogen and oxygen atoms in total. The van der Waals surface area contributed by atoms with Crippen molar-refractivity contribution in [2.45, 2.75) is 13.0 Å². The van der Waals surface area contributed by atoms with E-state index in [0.29, 0.717) is 13.0 Å². The molecule has 2 aromatic carbocycles. The van der Waals surface area contributed by atoms with Crippen molar-refractivity contribution in [1.29, 1.82) is 0 Å². The molecule has 148 valence electrons. The molecule has 0 saturated carbocycles. The lowest BCUT2D eigenvalue weighted by Crippen LogP contribution is -2.41. The van der Waals surface area contributed by atoms with Crippen molar-refractivity contribution >= 4 is 26.8 Å². The first kappa shape index (κ1) is 20.1. The third-order valence-electron chi connectivity index (χ3n) is 4.77. The van der Waals surface area contributed by atoms with E-state index in [9.17, 15) is 13.2 Å². The molecule has 1 N–H and O–H groups in total. The summed E-state index contributed by atoms with van der Waals surface area (Å²) in [6.45, 7) is 0.538. The number of para-hydroxylation sites is 1. The number of aromatic nitrogens is 1. The van der Waals surface area contributed by atoms with Gasteiger partial charge in [-0.15, -0.1) is 0 Å². The Labute approximate surface area is 165 Å². The average molecular weight is 400 g/mol. The average Bonchev–Trinajstić information content (AvgIpc) is 3.08. The van der Waals surface area contributed by atoms with Gasteiger partial charge in [0, 0.05) is 37.2 Å². The van der Waals surface area contributed by atoms with Crippen LogP contribution in [0.1, 0.15) is 11.1 Å². The number of benzene rings is 2. The summed E-state index contributed by atoms with van der Waals surface area (Å²) in [7, 11) is -1.81. The molecule has 0 unspecified atom stereocenters. The van der Waals surface area contributed by atoms with Crippen molar-refractivity contribution in [1.82, 2.24) is 14.2 Å². The summed E-state index contributed by atoms with van der Waals surface area (Å²) >= 11 is 0. The zero-order valence-electron chi connectivity index (χ0n) is 16.1. The lowest BCUT2D eigenvalue weighted by molar-refractivity contribution is -0.130. The van der Waals surface area contributed by atoms with E-state index in [-0.39, 0.29) is 19.0 Å². The zero-order chi connectivity index (χ0) is 20.1. The molecule has 7 heteroatoms. The quantitative estimate of drug-likeness (QED) is 0.633. The maximum atomic E-state index is 12.6. The van der Waals surface area contributed by atoms with Crippen molar-refractivity contribution in [3.05, 3.63) is 71.9 Å². The maximum Gasteiger partial charge on any atom is 0.237 e. The number of hydrogen-bond donors (Lipinski definition) is 1. The molecule has 0 radical (unpaired) electrons. The van der Waals surface area contributed by atoms with E-state index in [2.05, 4.69) is 4.98 Å². The highest BCUT2D eigenvalue weighted by atomic mass is 32.2. The number of sulfonamides is 1. The molecule has 0 spiro atoms. The number of hydrogen-bond acceptors (Lipinski definition) is 3. The number of nitrogens with one attached hydrogen (secondary N) is 1. The molecular formula is C21H25N3O3S. The summed E-state index contributed by atoms with van der Waals surface area (Å²) in [6, 6.07) is 17.5. The van der Waals surface area contributed by atoms with Crippen LogP contribution in [0.4, 0.5) is 0 Å². The second kappa shape index (κ2) is 8.58. The molecule has 0 saturated heterocycles. The number of aromatic amines is 1. The van der Waals surface area contributed by atoms with Crippen LogP contribution in [0.2, 0.25) is 0 Å². The Balaban J connectivity index is 1.66. The number of nitrogens with zero attached hydrogens (tertiary/aromatic N) is 2. The Morgan fingerprint density at radius 2 is 1.71 bits per heavy atom. The van der Waals surface area contributed by atoms with E-state index in [1.165, 1.54) is 4.31 Å². The van der Waals surface area contributed by atoms with Gasteiger partial charge in [0.15, 0.2) is 0 Å². The summed E-state index contributed by atoms with van der Waals surface area (Å²) in [5, 5.41) is 1.07. The minimum atomic E-state index is -3.50. The summed E-state index contributed by atoms with van der Waals surface area (Å²) in [4.78, 5) is 17.3. The minimum Gasteiger partial charge on any atom is -0.361 e. The normalized spacial score (nSPS) is 11.8. The van der Waals surface area contributed by atoms with Crippen LogP contribution in [0.25, 0.3) is 10.9 Å². The van der Waals surface area contributed by atoms with Gasteiger partial charge in [-0.25, -0.2) is 8.42 Å². The van der Waals surface area contributed by atoms with Gasteiger partial charge in [0.1, 0.15) is 0 Å². The number of carbonyl (C=O) groups excluding carboxylic acids is 1. The molecule has 1 heterocycles. The highest BCUT2D eigenvalue weighted by molar-refractivity contribution is 7.88. The van der Waals surface area contributed by atoms with Crippen LogP contribution in [0.3, 0.4) is 0 Å². The van der Waals surface area contributed by atoms with Crippen LogP contribution in [-0.2, 0) is 27.8 Å². The van der Waals surface area contributed by atoms with Gasteiger partial charge in [-0.05, 0) is 23.6 Å². The van der Waals surface area contributed by atoms with E-state index < -0.39 is 10.0 Å². The Hall–Kier alpha value is -2.64. The molecule has 0 bridgehead atoms. The number of H-pyrrole nitrogens is 1. The molecule has 0 aliphatic carbocycles. The van der Waals surface area contributed by atoms with E-state index in [1.54, 1.807) is 11.9 Å². The van der Waals surface area contributed by atoms with Crippen LogP contribution >= 0.6 is 0 Å². The molecule has 0 atom stereocenters. The van der Waals surface area contributed by atoms with Crippen molar-refractivity contribution < 1.29 is 13.2 Å². The molecule has 0 aliphatic rings. The highest BCUT2D eigenvalue weighted by Gasteiger charge is 2.22. The van der Waals surface area contributed by atoms with Crippen LogP contribution in [-0.4, -0.2) is 54.9 Å². The largest absolute Gasteiger partial charge is 0.361 e. The number of fused-ring (bicyclic) bond motifs is 1. The molecule has 3 rings (SSSR count). The van der Waals surface area contributed by atoms with Gasteiger partial charge < -0.3 is 9.88 Å². The maximum absolute atomic E-state index is 12.6. The van der Waals surface area contributed by atoms with Crippen molar-refractivity contribution in [3.63, 3.8) is 0 Å².